The van der Waals surface area contributed by atoms with Crippen molar-refractivity contribution in [2.75, 3.05) is 13.2 Å². The molecule has 2 unspecified atom stereocenters. The van der Waals surface area contributed by atoms with E-state index in [2.05, 4.69) is 46.5 Å². The van der Waals surface area contributed by atoms with Crippen LogP contribution in [0.5, 0.6) is 0 Å². The van der Waals surface area contributed by atoms with Gasteiger partial charge in [0, 0.05) is 18.2 Å². The summed E-state index contributed by atoms with van der Waals surface area (Å²) in [5, 5.41) is 19.0. The highest BCUT2D eigenvalue weighted by Crippen LogP contribution is 2.51. The van der Waals surface area contributed by atoms with Crippen molar-refractivity contribution in [1.82, 2.24) is 0 Å². The molecular weight excluding hydrogens is 536 g/mol. The van der Waals surface area contributed by atoms with Crippen molar-refractivity contribution in [1.29, 1.82) is 0 Å². The number of nitrogens with two attached hydrogens (primary N) is 1. The Hall–Kier alpha value is -1.53. The number of hydrogen-bond donors (Lipinski definition) is 3. The molecule has 2 fully saturated rings. The molecule has 4 N–H and O–H groups in total. The molecular formula is C37H74N2O4. The fraction of sp³-hybridized carbons (Fsp3) is 0.865. The van der Waals surface area contributed by atoms with Crippen LogP contribution in [0.25, 0.3) is 0 Å². The summed E-state index contributed by atoms with van der Waals surface area (Å²) in [4.78, 5) is 26.6. The normalized spacial score (nSPS) is 17.4. The average Bonchev–Trinajstić information content (AvgIpc) is 3.95. The lowest BCUT2D eigenvalue weighted by Gasteiger charge is -2.26. The second-order valence-corrected chi connectivity index (χ2v) is 12.4. The molecule has 0 aromatic carbocycles. The van der Waals surface area contributed by atoms with Crippen molar-refractivity contribution in [2.24, 2.45) is 28.0 Å². The van der Waals surface area contributed by atoms with Crippen molar-refractivity contribution in [3.63, 3.8) is 0 Å². The number of nitrogens with zero attached hydrogens (tertiary/aromatic N) is 1. The first kappa shape index (κ1) is 45.9. The number of rotatable bonds is 16. The highest BCUT2D eigenvalue weighted by Gasteiger charge is 2.38. The van der Waals surface area contributed by atoms with Gasteiger partial charge < -0.3 is 15.9 Å². The second-order valence-electron chi connectivity index (χ2n) is 12.4. The van der Waals surface area contributed by atoms with Gasteiger partial charge in [-0.25, -0.2) is 0 Å². The highest BCUT2D eigenvalue weighted by atomic mass is 16.3. The Morgan fingerprint density at radius 2 is 1.44 bits per heavy atom. The number of ketones is 2. The van der Waals surface area contributed by atoms with Gasteiger partial charge >= 0.3 is 0 Å². The number of aliphatic imine (C=N–C) groups is 1. The summed E-state index contributed by atoms with van der Waals surface area (Å²) in [5.41, 5.74) is 7.87. The largest absolute Gasteiger partial charge is 0.396 e. The van der Waals surface area contributed by atoms with E-state index in [1.165, 1.54) is 52.4 Å². The molecule has 43 heavy (non-hydrogen) atoms. The molecule has 0 heterocycles. The summed E-state index contributed by atoms with van der Waals surface area (Å²) in [7, 11) is 0. The number of allylic oxidation sites excluding steroid dienone is 2. The van der Waals surface area contributed by atoms with E-state index in [4.69, 9.17) is 10.8 Å². The van der Waals surface area contributed by atoms with Gasteiger partial charge in [0.2, 0.25) is 0 Å². The standard InChI is InChI=1S/C13H20N2O2.C11H24O2.C7H14.C4H10.C2H6/c1-4-11(15-7-8(2)16)12(10-5-6-10)13(14)9(3)17;1-4-7-11(13,9-12)8-6-10(3)5-2;1-3-7(4-2)5-6-7;1-3-4-2;1-2/h10H,4-7,14H2,1-3H3;10,12-13H,4-9H2,1-3H3;3-6H2,1-2H3;3-4H2,1-2H3;1-2H3/b13-12-,15-11?;;;;. The van der Waals surface area contributed by atoms with Gasteiger partial charge in [0.25, 0.3) is 0 Å². The average molecular weight is 611 g/mol. The van der Waals surface area contributed by atoms with Gasteiger partial charge in [-0.05, 0) is 75.5 Å². The molecule has 2 aliphatic carbocycles. The van der Waals surface area contributed by atoms with E-state index in [1.54, 1.807) is 0 Å². The van der Waals surface area contributed by atoms with Gasteiger partial charge in [-0.15, -0.1) is 0 Å². The molecule has 2 aliphatic rings. The molecule has 0 bridgehead atoms. The van der Waals surface area contributed by atoms with Crippen molar-refractivity contribution in [3.05, 3.63) is 11.3 Å². The van der Waals surface area contributed by atoms with Crippen molar-refractivity contribution >= 4 is 17.3 Å². The molecule has 0 amide bonds. The molecule has 0 saturated heterocycles. The molecule has 2 rings (SSSR count). The third kappa shape index (κ3) is 22.6. The van der Waals surface area contributed by atoms with Crippen LogP contribution in [0.2, 0.25) is 0 Å². The summed E-state index contributed by atoms with van der Waals surface area (Å²) in [5.74, 6) is 0.919. The van der Waals surface area contributed by atoms with E-state index in [0.717, 1.165) is 55.2 Å². The number of aliphatic hydroxyl groups excluding tert-OH is 1. The lowest BCUT2D eigenvalue weighted by molar-refractivity contribution is -0.115. The minimum absolute atomic E-state index is 0.0208. The molecule has 6 nitrogen and oxygen atoms in total. The zero-order valence-corrected chi connectivity index (χ0v) is 30.7. The van der Waals surface area contributed by atoms with Gasteiger partial charge in [-0.1, -0.05) is 108 Å². The van der Waals surface area contributed by atoms with E-state index in [1.807, 2.05) is 27.7 Å². The molecule has 2 atom stereocenters. The van der Waals surface area contributed by atoms with Gasteiger partial charge in [0.15, 0.2) is 11.6 Å². The van der Waals surface area contributed by atoms with Crippen LogP contribution >= 0.6 is 0 Å². The third-order valence-corrected chi connectivity index (χ3v) is 8.56. The summed E-state index contributed by atoms with van der Waals surface area (Å²) in [6, 6.07) is 0. The van der Waals surface area contributed by atoms with Gasteiger partial charge in [0.1, 0.15) is 0 Å². The summed E-state index contributed by atoms with van der Waals surface area (Å²) < 4.78 is 0. The molecule has 0 aliphatic heterocycles. The zero-order chi connectivity index (χ0) is 34.1. The number of carbonyl (C=O) groups is 2. The first-order valence-electron chi connectivity index (χ1n) is 17.7. The Morgan fingerprint density at radius 3 is 1.70 bits per heavy atom. The minimum Gasteiger partial charge on any atom is -0.396 e. The first-order valence-corrected chi connectivity index (χ1v) is 17.7. The molecule has 256 valence electrons. The number of unbranched alkanes of at least 4 members (excludes halogenated alkanes) is 1. The van der Waals surface area contributed by atoms with Crippen LogP contribution in [0.3, 0.4) is 0 Å². The predicted octanol–water partition coefficient (Wildman–Crippen LogP) is 9.39. The topological polar surface area (TPSA) is 113 Å². The maximum Gasteiger partial charge on any atom is 0.175 e. The number of aliphatic hydroxyl groups is 2. The first-order chi connectivity index (χ1) is 20.3. The lowest BCUT2D eigenvalue weighted by Crippen LogP contribution is -2.33. The predicted molar refractivity (Wildman–Crippen MR) is 188 cm³/mol. The van der Waals surface area contributed by atoms with Crippen LogP contribution in [0.4, 0.5) is 0 Å². The monoisotopic (exact) mass is 611 g/mol. The SMILES string of the molecule is CC.CCC(=NCC(C)=O)/C(=C(\N)C(C)=O)C1CC1.CCC1(CC)CC1.CCCC.CCCC(O)(CO)CCC(C)CC. The van der Waals surface area contributed by atoms with Gasteiger partial charge in [-0.2, -0.15) is 0 Å². The second kappa shape index (κ2) is 26.8. The Kier molecular flexibility index (Phi) is 28.6. The third-order valence-electron chi connectivity index (χ3n) is 8.56. The summed E-state index contributed by atoms with van der Waals surface area (Å²) >= 11 is 0. The Balaban J connectivity index is -0.000000540. The molecule has 0 spiro atoms. The fourth-order valence-corrected chi connectivity index (χ4v) is 4.37. The van der Waals surface area contributed by atoms with Crippen LogP contribution in [-0.4, -0.2) is 46.2 Å². The summed E-state index contributed by atoms with van der Waals surface area (Å²) in [6.07, 6.45) is 15.8. The van der Waals surface area contributed by atoms with Crippen LogP contribution in [0, 0.1) is 17.3 Å². The highest BCUT2D eigenvalue weighted by molar-refractivity contribution is 6.08. The van der Waals surface area contributed by atoms with Crippen LogP contribution in [-0.2, 0) is 9.59 Å². The van der Waals surface area contributed by atoms with Crippen LogP contribution < -0.4 is 5.73 Å². The molecule has 6 heteroatoms. The molecule has 0 radical (unpaired) electrons. The van der Waals surface area contributed by atoms with Gasteiger partial charge in [-0.3, -0.25) is 14.6 Å². The molecule has 0 aromatic rings. The van der Waals surface area contributed by atoms with E-state index in [-0.39, 0.29) is 24.7 Å². The molecule has 0 aromatic heterocycles. The van der Waals surface area contributed by atoms with E-state index in [9.17, 15) is 14.7 Å². The lowest BCUT2D eigenvalue weighted by atomic mass is 9.89. The number of Topliss-reactive ketones (excluding diaryl/α,β-unsaturated/α-hetero) is 2. The zero-order valence-electron chi connectivity index (χ0n) is 30.7. The maximum atomic E-state index is 11.4. The van der Waals surface area contributed by atoms with Crippen molar-refractivity contribution in [3.8, 4) is 0 Å². The Morgan fingerprint density at radius 1 is 0.930 bits per heavy atom. The van der Waals surface area contributed by atoms with Crippen LogP contribution in [0.15, 0.2) is 16.3 Å². The maximum absolute atomic E-state index is 11.4. The summed E-state index contributed by atoms with van der Waals surface area (Å²) in [6.45, 7) is 24.3. The fourth-order valence-electron chi connectivity index (χ4n) is 4.37. The van der Waals surface area contributed by atoms with Crippen molar-refractivity contribution in [2.45, 2.75) is 179 Å². The van der Waals surface area contributed by atoms with Crippen LogP contribution in [0.1, 0.15) is 173 Å². The minimum atomic E-state index is -0.821. The van der Waals surface area contributed by atoms with Gasteiger partial charge in [0.05, 0.1) is 24.4 Å². The van der Waals surface area contributed by atoms with E-state index in [0.29, 0.717) is 30.4 Å². The smallest absolute Gasteiger partial charge is 0.175 e. The Labute approximate surface area is 267 Å². The Bertz CT molecular complexity index is 773. The quantitative estimate of drug-likeness (QED) is 0.119. The molecule has 2 saturated carbocycles. The van der Waals surface area contributed by atoms with E-state index >= 15 is 0 Å². The van der Waals surface area contributed by atoms with E-state index < -0.39 is 5.60 Å². The number of hydrogen-bond acceptors (Lipinski definition) is 6. The number of carbonyl (C=O) groups excluding carboxylic acids is 2. The van der Waals surface area contributed by atoms with Crippen molar-refractivity contribution < 1.29 is 19.8 Å².